The zero-order valence-corrected chi connectivity index (χ0v) is 15.5. The number of pyridine rings is 1. The maximum atomic E-state index is 14.1. The van der Waals surface area contributed by atoms with Crippen LogP contribution in [0.1, 0.15) is 25.0 Å². The summed E-state index contributed by atoms with van der Waals surface area (Å²) in [6.45, 7) is 5.53. The number of rotatable bonds is 5. The first-order valence-corrected chi connectivity index (χ1v) is 9.00. The number of benzene rings is 1. The zero-order chi connectivity index (χ0) is 19.2. The van der Waals surface area contributed by atoms with Gasteiger partial charge >= 0.3 is 6.09 Å². The number of piperazine rings is 1. The molecule has 1 aromatic heterocycles. The Morgan fingerprint density at radius 3 is 2.74 bits per heavy atom. The maximum Gasteiger partial charge on any atom is 0.410 e. The van der Waals surface area contributed by atoms with Gasteiger partial charge in [-0.25, -0.2) is 9.18 Å². The van der Waals surface area contributed by atoms with Crippen LogP contribution in [0.5, 0.6) is 5.75 Å². The zero-order valence-electron chi connectivity index (χ0n) is 15.5. The molecule has 1 aliphatic rings. The van der Waals surface area contributed by atoms with Crippen molar-refractivity contribution in [3.8, 4) is 5.75 Å². The molecule has 3 rings (SSSR count). The fourth-order valence-corrected chi connectivity index (χ4v) is 3.11. The van der Waals surface area contributed by atoms with Crippen LogP contribution in [-0.2, 0) is 18.0 Å². The van der Waals surface area contributed by atoms with Gasteiger partial charge in [-0.05, 0) is 38.1 Å². The summed E-state index contributed by atoms with van der Waals surface area (Å²) in [6.07, 6.45) is 2.97. The molecule has 0 radical (unpaired) electrons. The van der Waals surface area contributed by atoms with E-state index in [0.29, 0.717) is 25.4 Å². The van der Waals surface area contributed by atoms with Crippen molar-refractivity contribution in [1.29, 1.82) is 0 Å². The summed E-state index contributed by atoms with van der Waals surface area (Å²) in [4.78, 5) is 18.1. The minimum atomic E-state index is -0.433. The lowest BCUT2D eigenvalue weighted by molar-refractivity contribution is 0.0557. The summed E-state index contributed by atoms with van der Waals surface area (Å²) in [5.74, 6) is 0.0770. The van der Waals surface area contributed by atoms with Crippen LogP contribution in [-0.4, -0.2) is 41.2 Å². The molecule has 7 heteroatoms. The van der Waals surface area contributed by atoms with Crippen LogP contribution in [0.3, 0.4) is 0 Å². The number of carbonyl (C=O) groups excluding carboxylic acids is 1. The van der Waals surface area contributed by atoms with Crippen LogP contribution < -0.4 is 10.1 Å². The fourth-order valence-electron chi connectivity index (χ4n) is 3.11. The molecule has 1 N–H and O–H groups in total. The summed E-state index contributed by atoms with van der Waals surface area (Å²) < 4.78 is 25.1. The molecule has 1 amide bonds. The van der Waals surface area contributed by atoms with E-state index in [2.05, 4.69) is 10.3 Å². The van der Waals surface area contributed by atoms with Gasteiger partial charge in [-0.2, -0.15) is 0 Å². The second kappa shape index (κ2) is 8.81. The average Bonchev–Trinajstić information content (AvgIpc) is 2.67. The predicted octanol–water partition coefficient (Wildman–Crippen LogP) is 3.12. The first-order chi connectivity index (χ1) is 13.0. The normalized spacial score (nSPS) is 19.6. The van der Waals surface area contributed by atoms with Gasteiger partial charge in [0.1, 0.15) is 24.8 Å². The maximum absolute atomic E-state index is 14.1. The van der Waals surface area contributed by atoms with Gasteiger partial charge in [0.15, 0.2) is 0 Å². The predicted molar refractivity (Wildman–Crippen MR) is 98.8 cm³/mol. The van der Waals surface area contributed by atoms with Crippen molar-refractivity contribution in [2.24, 2.45) is 0 Å². The smallest absolute Gasteiger partial charge is 0.410 e. The number of halogens is 1. The topological polar surface area (TPSA) is 63.7 Å². The van der Waals surface area contributed by atoms with Crippen LogP contribution >= 0.6 is 0 Å². The number of nitrogens with zero attached hydrogens (tertiary/aromatic N) is 2. The highest BCUT2D eigenvalue weighted by atomic mass is 19.1. The quantitative estimate of drug-likeness (QED) is 0.872. The van der Waals surface area contributed by atoms with Crippen LogP contribution in [0.2, 0.25) is 0 Å². The van der Waals surface area contributed by atoms with Gasteiger partial charge in [-0.1, -0.05) is 6.07 Å². The lowest BCUT2D eigenvalue weighted by Crippen LogP contribution is -2.57. The Hall–Kier alpha value is -2.67. The van der Waals surface area contributed by atoms with Gasteiger partial charge < -0.3 is 19.7 Å². The SMILES string of the molecule is C[C@@H]1CNC[C@H](C)N1C(=O)OCc1cc(OCc2cccnc2)ccc1F. The second-order valence-corrected chi connectivity index (χ2v) is 6.72. The fraction of sp³-hybridized carbons (Fsp3) is 0.400. The van der Waals surface area contributed by atoms with Crippen LogP contribution in [0.15, 0.2) is 42.7 Å². The van der Waals surface area contributed by atoms with E-state index in [4.69, 9.17) is 9.47 Å². The number of ether oxygens (including phenoxy) is 2. The Balaban J connectivity index is 1.60. The van der Waals surface area contributed by atoms with Crippen molar-refractivity contribution in [3.63, 3.8) is 0 Å². The van der Waals surface area contributed by atoms with Crippen molar-refractivity contribution in [3.05, 3.63) is 59.7 Å². The summed E-state index contributed by atoms with van der Waals surface area (Å²) in [5, 5.41) is 3.26. The largest absolute Gasteiger partial charge is 0.489 e. The number of amides is 1. The van der Waals surface area contributed by atoms with Gasteiger partial charge in [-0.3, -0.25) is 4.98 Å². The monoisotopic (exact) mass is 373 g/mol. The van der Waals surface area contributed by atoms with Gasteiger partial charge in [0.2, 0.25) is 0 Å². The highest BCUT2D eigenvalue weighted by molar-refractivity contribution is 5.68. The minimum Gasteiger partial charge on any atom is -0.489 e. The lowest BCUT2D eigenvalue weighted by atomic mass is 10.1. The molecule has 1 fully saturated rings. The molecule has 1 saturated heterocycles. The first-order valence-electron chi connectivity index (χ1n) is 9.00. The molecule has 27 heavy (non-hydrogen) atoms. The number of carbonyl (C=O) groups is 1. The molecule has 6 nitrogen and oxygen atoms in total. The Morgan fingerprint density at radius 2 is 2.04 bits per heavy atom. The second-order valence-electron chi connectivity index (χ2n) is 6.72. The Morgan fingerprint density at radius 1 is 1.26 bits per heavy atom. The summed E-state index contributed by atoms with van der Waals surface area (Å²) in [6, 6.07) is 8.21. The third kappa shape index (κ3) is 4.95. The molecule has 0 aliphatic carbocycles. The minimum absolute atomic E-state index is 0.0280. The van der Waals surface area contributed by atoms with Gasteiger partial charge in [-0.15, -0.1) is 0 Å². The lowest BCUT2D eigenvalue weighted by Gasteiger charge is -2.38. The van der Waals surface area contributed by atoms with E-state index in [1.165, 1.54) is 6.07 Å². The standard InChI is InChI=1S/C20H24FN3O3/c1-14-9-23-10-15(2)24(14)20(25)27-13-17-8-18(5-6-19(17)21)26-12-16-4-3-7-22-11-16/h3-8,11,14-15,23H,9-10,12-13H2,1-2H3/t14-,15+. The average molecular weight is 373 g/mol. The molecular weight excluding hydrogens is 349 g/mol. The number of aromatic nitrogens is 1. The molecule has 1 aromatic carbocycles. The van der Waals surface area contributed by atoms with E-state index < -0.39 is 11.9 Å². The van der Waals surface area contributed by atoms with Crippen molar-refractivity contribution in [2.75, 3.05) is 13.1 Å². The van der Waals surface area contributed by atoms with E-state index in [-0.39, 0.29) is 24.3 Å². The molecule has 1 aliphatic heterocycles. The molecule has 0 unspecified atom stereocenters. The van der Waals surface area contributed by atoms with Crippen molar-refractivity contribution in [2.45, 2.75) is 39.1 Å². The van der Waals surface area contributed by atoms with E-state index >= 15 is 0 Å². The number of nitrogens with one attached hydrogen (secondary N) is 1. The molecular formula is C20H24FN3O3. The summed E-state index contributed by atoms with van der Waals surface area (Å²) in [7, 11) is 0. The number of hydrogen-bond acceptors (Lipinski definition) is 5. The summed E-state index contributed by atoms with van der Waals surface area (Å²) >= 11 is 0. The van der Waals surface area contributed by atoms with E-state index in [1.54, 1.807) is 29.4 Å². The molecule has 2 heterocycles. The Labute approximate surface area is 158 Å². The van der Waals surface area contributed by atoms with Gasteiger partial charge in [0.05, 0.1) is 0 Å². The third-order valence-corrected chi connectivity index (χ3v) is 4.54. The highest BCUT2D eigenvalue weighted by Crippen LogP contribution is 2.20. The first kappa shape index (κ1) is 19.1. The molecule has 0 saturated carbocycles. The van der Waals surface area contributed by atoms with Gasteiger partial charge in [0.25, 0.3) is 0 Å². The van der Waals surface area contributed by atoms with E-state index in [0.717, 1.165) is 5.56 Å². The molecule has 0 bridgehead atoms. The van der Waals surface area contributed by atoms with Crippen molar-refractivity contribution in [1.82, 2.24) is 15.2 Å². The Bertz CT molecular complexity index is 762. The third-order valence-electron chi connectivity index (χ3n) is 4.54. The van der Waals surface area contributed by atoms with Crippen LogP contribution in [0.4, 0.5) is 9.18 Å². The van der Waals surface area contributed by atoms with E-state index in [9.17, 15) is 9.18 Å². The van der Waals surface area contributed by atoms with Crippen molar-refractivity contribution >= 4 is 6.09 Å². The van der Waals surface area contributed by atoms with Crippen molar-refractivity contribution < 1.29 is 18.7 Å². The summed E-state index contributed by atoms with van der Waals surface area (Å²) in [5.41, 5.74) is 1.19. The van der Waals surface area contributed by atoms with Gasteiger partial charge in [0, 0.05) is 48.7 Å². The molecule has 144 valence electrons. The van der Waals surface area contributed by atoms with E-state index in [1.807, 2.05) is 26.0 Å². The molecule has 0 spiro atoms. The Kier molecular flexibility index (Phi) is 6.24. The highest BCUT2D eigenvalue weighted by Gasteiger charge is 2.30. The van der Waals surface area contributed by atoms with Crippen LogP contribution in [0.25, 0.3) is 0 Å². The molecule has 2 atom stereocenters. The number of hydrogen-bond donors (Lipinski definition) is 1. The van der Waals surface area contributed by atoms with Crippen LogP contribution in [0, 0.1) is 5.82 Å². The molecule has 2 aromatic rings.